The molecule has 0 amide bonds. The Morgan fingerprint density at radius 2 is 2.12 bits per heavy atom. The van der Waals surface area contributed by atoms with Crippen LogP contribution >= 0.6 is 12.4 Å². The summed E-state index contributed by atoms with van der Waals surface area (Å²) in [5.74, 6) is 1.98. The van der Waals surface area contributed by atoms with Gasteiger partial charge in [-0.25, -0.2) is 0 Å². The van der Waals surface area contributed by atoms with E-state index < -0.39 is 0 Å². The molecule has 0 spiro atoms. The molecule has 2 N–H and O–H groups in total. The van der Waals surface area contributed by atoms with Gasteiger partial charge in [0.15, 0.2) is 0 Å². The number of hydrogen-bond donors (Lipinski definition) is 1. The van der Waals surface area contributed by atoms with E-state index in [2.05, 4.69) is 6.92 Å². The average molecular weight is 136 g/mol. The van der Waals surface area contributed by atoms with Gasteiger partial charge in [0.05, 0.1) is 0 Å². The van der Waals surface area contributed by atoms with Crippen molar-refractivity contribution in [2.75, 3.05) is 6.54 Å². The van der Waals surface area contributed by atoms with Crippen LogP contribution in [0.1, 0.15) is 19.8 Å². The summed E-state index contributed by atoms with van der Waals surface area (Å²) in [6, 6.07) is 0. The molecule has 8 heavy (non-hydrogen) atoms. The van der Waals surface area contributed by atoms with E-state index in [1.54, 1.807) is 0 Å². The van der Waals surface area contributed by atoms with Gasteiger partial charge in [0, 0.05) is 0 Å². The second kappa shape index (κ2) is 3.31. The minimum atomic E-state index is 0. The molecule has 50 valence electrons. The summed E-state index contributed by atoms with van der Waals surface area (Å²) < 4.78 is 0. The first kappa shape index (κ1) is 8.25. The van der Waals surface area contributed by atoms with Crippen molar-refractivity contribution in [3.8, 4) is 0 Å². The van der Waals surface area contributed by atoms with Gasteiger partial charge in [0.1, 0.15) is 0 Å². The zero-order valence-electron chi connectivity index (χ0n) is 5.26. The number of halogens is 1. The van der Waals surface area contributed by atoms with Crippen molar-refractivity contribution in [1.82, 2.24) is 0 Å². The molecule has 1 aliphatic carbocycles. The Morgan fingerprint density at radius 3 is 2.25 bits per heavy atom. The van der Waals surface area contributed by atoms with E-state index in [-0.39, 0.29) is 12.4 Å². The predicted octanol–water partition coefficient (Wildman–Crippen LogP) is 1.41. The number of hydrogen-bond acceptors (Lipinski definition) is 1. The molecule has 2 atom stereocenters. The second-order valence-electron chi connectivity index (χ2n) is 2.55. The van der Waals surface area contributed by atoms with Gasteiger partial charge in [-0.3, -0.25) is 0 Å². The minimum Gasteiger partial charge on any atom is -0.330 e. The third-order valence-corrected chi connectivity index (χ3v) is 1.81. The summed E-state index contributed by atoms with van der Waals surface area (Å²) in [6.07, 6.45) is 2.68. The van der Waals surface area contributed by atoms with Crippen molar-refractivity contribution in [2.45, 2.75) is 19.8 Å². The van der Waals surface area contributed by atoms with Crippen LogP contribution in [0, 0.1) is 11.8 Å². The highest BCUT2D eigenvalue weighted by Gasteiger charge is 2.30. The van der Waals surface area contributed by atoms with Crippen LogP contribution in [0.25, 0.3) is 0 Å². The molecule has 1 nitrogen and oxygen atoms in total. The summed E-state index contributed by atoms with van der Waals surface area (Å²) in [5.41, 5.74) is 5.33. The van der Waals surface area contributed by atoms with Crippen LogP contribution in [0.3, 0.4) is 0 Å². The maximum absolute atomic E-state index is 5.33. The van der Waals surface area contributed by atoms with E-state index in [1.807, 2.05) is 0 Å². The van der Waals surface area contributed by atoms with E-state index >= 15 is 0 Å². The highest BCUT2D eigenvalue weighted by atomic mass is 35.5. The first-order valence-corrected chi connectivity index (χ1v) is 3.04. The Hall–Kier alpha value is 0.250. The lowest BCUT2D eigenvalue weighted by Crippen LogP contribution is -1.99. The topological polar surface area (TPSA) is 26.0 Å². The largest absolute Gasteiger partial charge is 0.330 e. The lowest BCUT2D eigenvalue weighted by Gasteiger charge is -1.87. The molecule has 0 radical (unpaired) electrons. The first-order chi connectivity index (χ1) is 3.34. The van der Waals surface area contributed by atoms with Crippen LogP contribution in [0.2, 0.25) is 0 Å². The van der Waals surface area contributed by atoms with Gasteiger partial charge in [-0.05, 0) is 31.2 Å². The van der Waals surface area contributed by atoms with Crippen LogP contribution in [0.5, 0.6) is 0 Å². The van der Waals surface area contributed by atoms with Gasteiger partial charge in [-0.15, -0.1) is 12.4 Å². The Morgan fingerprint density at radius 1 is 1.62 bits per heavy atom. The van der Waals surface area contributed by atoms with Crippen LogP contribution in [-0.2, 0) is 0 Å². The Labute approximate surface area is 57.1 Å². The van der Waals surface area contributed by atoms with Gasteiger partial charge in [-0.2, -0.15) is 0 Å². The highest BCUT2D eigenvalue weighted by molar-refractivity contribution is 5.85. The maximum Gasteiger partial charge on any atom is -0.00745 e. The predicted molar refractivity (Wildman–Crippen MR) is 38.2 cm³/mol. The van der Waals surface area contributed by atoms with Crippen molar-refractivity contribution in [1.29, 1.82) is 0 Å². The van der Waals surface area contributed by atoms with E-state index in [4.69, 9.17) is 5.73 Å². The van der Waals surface area contributed by atoms with Gasteiger partial charge < -0.3 is 5.73 Å². The molecular weight excluding hydrogens is 122 g/mol. The summed E-state index contributed by atoms with van der Waals surface area (Å²) in [4.78, 5) is 0. The minimum absolute atomic E-state index is 0. The quantitative estimate of drug-likeness (QED) is 0.609. The standard InChI is InChI=1S/C6H13N.ClH/c1-5-4-6(5)2-3-7;/h5-6H,2-4,7H2,1H3;1H. The molecule has 0 aromatic heterocycles. The summed E-state index contributed by atoms with van der Waals surface area (Å²) in [7, 11) is 0. The van der Waals surface area contributed by atoms with Crippen molar-refractivity contribution in [3.05, 3.63) is 0 Å². The summed E-state index contributed by atoms with van der Waals surface area (Å²) in [6.45, 7) is 3.18. The monoisotopic (exact) mass is 135 g/mol. The third kappa shape index (κ3) is 2.01. The summed E-state index contributed by atoms with van der Waals surface area (Å²) in [5, 5.41) is 0. The molecule has 0 aliphatic heterocycles. The van der Waals surface area contributed by atoms with E-state index in [0.717, 1.165) is 18.4 Å². The molecule has 1 fully saturated rings. The zero-order chi connectivity index (χ0) is 5.28. The van der Waals surface area contributed by atoms with Crippen molar-refractivity contribution < 1.29 is 0 Å². The molecule has 1 aliphatic rings. The smallest absolute Gasteiger partial charge is 0.00745 e. The first-order valence-electron chi connectivity index (χ1n) is 3.04. The van der Waals surface area contributed by atoms with Crippen LogP contribution < -0.4 is 5.73 Å². The van der Waals surface area contributed by atoms with E-state index in [0.29, 0.717) is 0 Å². The molecule has 0 heterocycles. The SMILES string of the molecule is CC1CC1CCN.Cl. The Bertz CT molecular complexity index is 65.5. The molecule has 0 aromatic carbocycles. The Kier molecular flexibility index (Phi) is 3.41. The molecule has 1 saturated carbocycles. The fraction of sp³-hybridized carbons (Fsp3) is 1.00. The lowest BCUT2D eigenvalue weighted by molar-refractivity contribution is 0.683. The zero-order valence-corrected chi connectivity index (χ0v) is 6.08. The van der Waals surface area contributed by atoms with Crippen LogP contribution in [0.4, 0.5) is 0 Å². The number of nitrogens with two attached hydrogens (primary N) is 1. The van der Waals surface area contributed by atoms with Gasteiger partial charge in [0.25, 0.3) is 0 Å². The maximum atomic E-state index is 5.33. The molecular formula is C6H14ClN. The molecule has 1 rings (SSSR count). The highest BCUT2D eigenvalue weighted by Crippen LogP contribution is 2.39. The van der Waals surface area contributed by atoms with E-state index in [9.17, 15) is 0 Å². The van der Waals surface area contributed by atoms with Crippen molar-refractivity contribution in [3.63, 3.8) is 0 Å². The van der Waals surface area contributed by atoms with Gasteiger partial charge in [0.2, 0.25) is 0 Å². The fourth-order valence-corrected chi connectivity index (χ4v) is 1.02. The summed E-state index contributed by atoms with van der Waals surface area (Å²) >= 11 is 0. The molecule has 2 heteroatoms. The molecule has 2 unspecified atom stereocenters. The van der Waals surface area contributed by atoms with E-state index in [1.165, 1.54) is 12.8 Å². The van der Waals surface area contributed by atoms with Gasteiger partial charge >= 0.3 is 0 Å². The molecule has 0 saturated heterocycles. The van der Waals surface area contributed by atoms with Crippen LogP contribution in [0.15, 0.2) is 0 Å². The van der Waals surface area contributed by atoms with Gasteiger partial charge in [-0.1, -0.05) is 6.92 Å². The van der Waals surface area contributed by atoms with Crippen LogP contribution in [-0.4, -0.2) is 6.54 Å². The normalized spacial score (nSPS) is 33.8. The average Bonchev–Trinajstić information content (AvgIpc) is 2.22. The Balaban J connectivity index is 0.000000490. The van der Waals surface area contributed by atoms with Crippen molar-refractivity contribution in [2.24, 2.45) is 17.6 Å². The van der Waals surface area contributed by atoms with Crippen molar-refractivity contribution >= 4 is 12.4 Å². The molecule has 0 aromatic rings. The lowest BCUT2D eigenvalue weighted by atomic mass is 10.2. The second-order valence-corrected chi connectivity index (χ2v) is 2.55. The third-order valence-electron chi connectivity index (χ3n) is 1.81. The fourth-order valence-electron chi connectivity index (χ4n) is 1.02. The molecule has 0 bridgehead atoms. The number of rotatable bonds is 2.